The van der Waals surface area contributed by atoms with Crippen LogP contribution in [0, 0.1) is 0 Å². The predicted molar refractivity (Wildman–Crippen MR) is 102 cm³/mol. The standard InChI is InChI=1S/C18H23N3OS2/c1-2-10-21-11-8-15-16(13-21)24-18(19-15)20-17(22)9-12-23-14-6-4-3-5-7-14/h3-7H,2,8-13H2,1H3,(H,19,20,22). The van der Waals surface area contributed by atoms with Crippen molar-refractivity contribution in [3.8, 4) is 0 Å². The number of rotatable bonds is 7. The maximum absolute atomic E-state index is 12.1. The van der Waals surface area contributed by atoms with Crippen molar-refractivity contribution < 1.29 is 4.79 Å². The molecule has 128 valence electrons. The van der Waals surface area contributed by atoms with E-state index in [1.165, 1.54) is 21.9 Å². The number of thioether (sulfide) groups is 1. The number of nitrogens with one attached hydrogen (secondary N) is 1. The van der Waals surface area contributed by atoms with Crippen molar-refractivity contribution in [2.45, 2.75) is 37.6 Å². The molecule has 0 atom stereocenters. The molecule has 0 fully saturated rings. The number of benzene rings is 1. The van der Waals surface area contributed by atoms with Crippen molar-refractivity contribution in [3.63, 3.8) is 0 Å². The molecule has 4 nitrogen and oxygen atoms in total. The van der Waals surface area contributed by atoms with Gasteiger partial charge in [-0.1, -0.05) is 25.1 Å². The first-order valence-corrected chi connectivity index (χ1v) is 10.2. The Bertz CT molecular complexity index is 672. The first kappa shape index (κ1) is 17.5. The molecule has 0 spiro atoms. The van der Waals surface area contributed by atoms with Crippen LogP contribution in [0.3, 0.4) is 0 Å². The third-order valence-corrected chi connectivity index (χ3v) is 5.95. The fraction of sp³-hybridized carbons (Fsp3) is 0.444. The number of thiazole rings is 1. The lowest BCUT2D eigenvalue weighted by Gasteiger charge is -2.24. The van der Waals surface area contributed by atoms with Crippen LogP contribution in [-0.2, 0) is 17.8 Å². The van der Waals surface area contributed by atoms with Crippen molar-refractivity contribution in [1.82, 2.24) is 9.88 Å². The minimum atomic E-state index is 0.0509. The summed E-state index contributed by atoms with van der Waals surface area (Å²) in [6, 6.07) is 10.2. The quantitative estimate of drug-likeness (QED) is 0.756. The molecular formula is C18H23N3OS2. The molecule has 0 aliphatic carbocycles. The third-order valence-electron chi connectivity index (χ3n) is 3.94. The summed E-state index contributed by atoms with van der Waals surface area (Å²) in [5.41, 5.74) is 1.17. The molecule has 6 heteroatoms. The highest BCUT2D eigenvalue weighted by molar-refractivity contribution is 7.99. The highest BCUT2D eigenvalue weighted by atomic mass is 32.2. The summed E-state index contributed by atoms with van der Waals surface area (Å²) in [6.07, 6.45) is 2.67. The lowest BCUT2D eigenvalue weighted by molar-refractivity contribution is -0.115. The van der Waals surface area contributed by atoms with Gasteiger partial charge in [-0.3, -0.25) is 9.69 Å². The van der Waals surface area contributed by atoms with E-state index in [-0.39, 0.29) is 5.91 Å². The van der Waals surface area contributed by atoms with Gasteiger partial charge in [0.15, 0.2) is 5.13 Å². The van der Waals surface area contributed by atoms with Crippen LogP contribution < -0.4 is 5.32 Å². The zero-order valence-corrected chi connectivity index (χ0v) is 15.6. The molecule has 1 amide bonds. The van der Waals surface area contributed by atoms with E-state index in [2.05, 4.69) is 34.3 Å². The molecule has 2 heterocycles. The summed E-state index contributed by atoms with van der Waals surface area (Å²) >= 11 is 3.34. The van der Waals surface area contributed by atoms with E-state index >= 15 is 0 Å². The zero-order chi connectivity index (χ0) is 16.8. The number of carbonyl (C=O) groups is 1. The van der Waals surface area contributed by atoms with Crippen molar-refractivity contribution in [2.24, 2.45) is 0 Å². The van der Waals surface area contributed by atoms with Crippen LogP contribution in [0.25, 0.3) is 0 Å². The van der Waals surface area contributed by atoms with Gasteiger partial charge in [0.1, 0.15) is 0 Å². The van der Waals surface area contributed by atoms with Crippen molar-refractivity contribution in [2.75, 3.05) is 24.2 Å². The third kappa shape index (κ3) is 4.82. The molecule has 1 aromatic carbocycles. The molecule has 2 aromatic rings. The Kier molecular flexibility index (Phi) is 6.29. The van der Waals surface area contributed by atoms with Gasteiger partial charge < -0.3 is 5.32 Å². The van der Waals surface area contributed by atoms with Gasteiger partial charge in [0.2, 0.25) is 5.91 Å². The fourth-order valence-corrected chi connectivity index (χ4v) is 4.71. The Balaban J connectivity index is 1.47. The summed E-state index contributed by atoms with van der Waals surface area (Å²) in [7, 11) is 0. The topological polar surface area (TPSA) is 45.2 Å². The van der Waals surface area contributed by atoms with E-state index in [0.29, 0.717) is 6.42 Å². The molecule has 0 saturated carbocycles. The maximum atomic E-state index is 12.1. The van der Waals surface area contributed by atoms with Gasteiger partial charge in [-0.05, 0) is 25.1 Å². The Morgan fingerprint density at radius 2 is 2.21 bits per heavy atom. The summed E-state index contributed by atoms with van der Waals surface area (Å²) in [5, 5.41) is 3.73. The Morgan fingerprint density at radius 3 is 3.00 bits per heavy atom. The van der Waals surface area contributed by atoms with Crippen LogP contribution in [-0.4, -0.2) is 34.6 Å². The van der Waals surface area contributed by atoms with Gasteiger partial charge in [-0.25, -0.2) is 4.98 Å². The van der Waals surface area contributed by atoms with Gasteiger partial charge in [0.25, 0.3) is 0 Å². The fourth-order valence-electron chi connectivity index (χ4n) is 2.77. The van der Waals surface area contributed by atoms with Gasteiger partial charge in [-0.2, -0.15) is 0 Å². The van der Waals surface area contributed by atoms with Crippen molar-refractivity contribution in [1.29, 1.82) is 0 Å². The molecule has 0 radical (unpaired) electrons. The van der Waals surface area contributed by atoms with E-state index in [0.717, 1.165) is 36.9 Å². The van der Waals surface area contributed by atoms with Crippen molar-refractivity contribution in [3.05, 3.63) is 40.9 Å². The molecule has 1 aliphatic rings. The van der Waals surface area contributed by atoms with Crippen molar-refractivity contribution >= 4 is 34.1 Å². The lowest BCUT2D eigenvalue weighted by atomic mass is 10.2. The average Bonchev–Trinajstić information content (AvgIpc) is 2.97. The number of nitrogens with zero attached hydrogens (tertiary/aromatic N) is 2. The van der Waals surface area contributed by atoms with Crippen LogP contribution in [0.15, 0.2) is 35.2 Å². The second-order valence-corrected chi connectivity index (χ2v) is 8.13. The van der Waals surface area contributed by atoms with Gasteiger partial charge >= 0.3 is 0 Å². The number of amides is 1. The Morgan fingerprint density at radius 1 is 1.38 bits per heavy atom. The number of fused-ring (bicyclic) bond motifs is 1. The number of aromatic nitrogens is 1. The van der Waals surface area contributed by atoms with E-state index in [1.807, 2.05) is 18.2 Å². The first-order chi connectivity index (χ1) is 11.7. The van der Waals surface area contributed by atoms with Crippen LogP contribution in [0.4, 0.5) is 5.13 Å². The SMILES string of the molecule is CCCN1CCc2nc(NC(=O)CCSc3ccccc3)sc2C1. The van der Waals surface area contributed by atoms with Crippen LogP contribution in [0.2, 0.25) is 0 Å². The molecule has 0 saturated heterocycles. The molecule has 0 bridgehead atoms. The molecule has 1 aromatic heterocycles. The molecule has 3 rings (SSSR count). The predicted octanol–water partition coefficient (Wildman–Crippen LogP) is 4.03. The van der Waals surface area contributed by atoms with E-state index in [4.69, 9.17) is 0 Å². The minimum absolute atomic E-state index is 0.0509. The molecule has 0 unspecified atom stereocenters. The minimum Gasteiger partial charge on any atom is -0.302 e. The van der Waals surface area contributed by atoms with Crippen LogP contribution in [0.5, 0.6) is 0 Å². The summed E-state index contributed by atoms with van der Waals surface area (Å²) in [5.74, 6) is 0.834. The molecule has 1 N–H and O–H groups in total. The average molecular weight is 362 g/mol. The molecule has 1 aliphatic heterocycles. The van der Waals surface area contributed by atoms with E-state index in [1.54, 1.807) is 23.1 Å². The Hall–Kier alpha value is -1.37. The summed E-state index contributed by atoms with van der Waals surface area (Å²) < 4.78 is 0. The lowest BCUT2D eigenvalue weighted by Crippen LogP contribution is -2.30. The highest BCUT2D eigenvalue weighted by Crippen LogP contribution is 2.28. The second kappa shape index (κ2) is 8.65. The number of anilines is 1. The first-order valence-electron chi connectivity index (χ1n) is 8.43. The van der Waals surface area contributed by atoms with Gasteiger partial charge in [0, 0.05) is 41.5 Å². The Labute approximate surface area is 151 Å². The highest BCUT2D eigenvalue weighted by Gasteiger charge is 2.20. The number of carbonyl (C=O) groups excluding carboxylic acids is 1. The number of hydrogen-bond donors (Lipinski definition) is 1. The maximum Gasteiger partial charge on any atom is 0.226 e. The number of hydrogen-bond acceptors (Lipinski definition) is 5. The second-order valence-electron chi connectivity index (χ2n) is 5.87. The van der Waals surface area contributed by atoms with Crippen LogP contribution >= 0.6 is 23.1 Å². The summed E-state index contributed by atoms with van der Waals surface area (Å²) in [4.78, 5) is 21.7. The van der Waals surface area contributed by atoms with E-state index in [9.17, 15) is 4.79 Å². The van der Waals surface area contributed by atoms with Crippen LogP contribution in [0.1, 0.15) is 30.3 Å². The normalized spacial score (nSPS) is 14.4. The van der Waals surface area contributed by atoms with Gasteiger partial charge in [0.05, 0.1) is 5.69 Å². The molecule has 24 heavy (non-hydrogen) atoms. The molecular weight excluding hydrogens is 338 g/mol. The zero-order valence-electron chi connectivity index (χ0n) is 14.0. The van der Waals surface area contributed by atoms with Gasteiger partial charge in [-0.15, -0.1) is 23.1 Å². The monoisotopic (exact) mass is 361 g/mol. The summed E-state index contributed by atoms with van der Waals surface area (Å²) in [6.45, 7) is 5.39. The van der Waals surface area contributed by atoms with E-state index < -0.39 is 0 Å². The largest absolute Gasteiger partial charge is 0.302 e. The smallest absolute Gasteiger partial charge is 0.226 e.